The number of benzene rings is 6. The topological polar surface area (TPSA) is 102 Å². The molecular weight excluding hydrogens is 879 g/mol. The standard InChI is InChI=1S/C30H39N4O.C29H37N5O.CH4/c1-5-33(23-26-12-10-9-11-13-26)29-20-18-28(19-21-29)32-31-27-16-14-25(15-17-27)22-30(35)24-34(6-2,7-3)8-4;1-5-33(22-24-12-10-9-11-13-24)28-20-18-27(19-21-28)32-31-26-16-14-25(15-17-26)30-29(35)23-34(6-2,7-3)8-4;/h9-21H,5-8,22-24H2,1-4H3;9-21H,5-8,22-23H2,1-4H3;1H4/q+1;;/p+1. The van der Waals surface area contributed by atoms with Crippen LogP contribution in [0.4, 0.5) is 39.8 Å². The van der Waals surface area contributed by atoms with Gasteiger partial charge in [-0.2, -0.15) is 20.5 Å². The second kappa shape index (κ2) is 29.4. The molecule has 0 saturated heterocycles. The summed E-state index contributed by atoms with van der Waals surface area (Å²) in [5, 5.41) is 20.5. The zero-order valence-electron chi connectivity index (χ0n) is 43.1. The Morgan fingerprint density at radius 3 is 1.11 bits per heavy atom. The number of ketones is 1. The Balaban J connectivity index is 0.000000304. The van der Waals surface area contributed by atoms with Crippen LogP contribution in [0.3, 0.4) is 0 Å². The molecule has 11 heteroatoms. The number of carbonyl (C=O) groups is 2. The fourth-order valence-corrected chi connectivity index (χ4v) is 8.54. The second-order valence-electron chi connectivity index (χ2n) is 17.8. The molecule has 0 atom stereocenters. The summed E-state index contributed by atoms with van der Waals surface area (Å²) in [6.07, 6.45) is 0.468. The SMILES string of the molecule is C.CCN(Cc1ccccc1)c1ccc(N=Nc2ccc(CC(=O)C[N+](CC)(CC)CC)cc2)cc1.CCN(Cc1ccccc1)c1ccc(N=Nc2ccc(NC(=O)C[N+](CC)(CC)CC)cc2)cc1. The van der Waals surface area contributed by atoms with Crippen molar-refractivity contribution >= 4 is 51.5 Å². The number of nitrogens with one attached hydrogen (secondary N) is 1. The third-order valence-electron chi connectivity index (χ3n) is 13.7. The van der Waals surface area contributed by atoms with E-state index in [1.165, 1.54) is 16.8 Å². The van der Waals surface area contributed by atoms with Gasteiger partial charge in [-0.3, -0.25) is 9.59 Å². The number of carbonyl (C=O) groups excluding carboxylic acids is 2. The molecule has 0 aliphatic carbocycles. The van der Waals surface area contributed by atoms with Crippen molar-refractivity contribution in [2.45, 2.75) is 82.3 Å². The lowest BCUT2D eigenvalue weighted by molar-refractivity contribution is -0.915. The van der Waals surface area contributed by atoms with Crippen LogP contribution in [0.2, 0.25) is 0 Å². The number of Topliss-reactive ketones (excluding diaryl/α,β-unsaturated/α-hetero) is 1. The van der Waals surface area contributed by atoms with Crippen molar-refractivity contribution in [3.63, 3.8) is 0 Å². The molecular formula is C60H81N9O2+2. The number of hydrogen-bond donors (Lipinski definition) is 1. The summed E-state index contributed by atoms with van der Waals surface area (Å²) in [7, 11) is 0. The lowest BCUT2D eigenvalue weighted by Gasteiger charge is -2.35. The van der Waals surface area contributed by atoms with E-state index >= 15 is 0 Å². The average Bonchev–Trinajstić information content (AvgIpc) is 3.41. The zero-order chi connectivity index (χ0) is 50.2. The summed E-state index contributed by atoms with van der Waals surface area (Å²) in [6.45, 7) is 27.7. The van der Waals surface area contributed by atoms with E-state index in [4.69, 9.17) is 0 Å². The van der Waals surface area contributed by atoms with Crippen molar-refractivity contribution in [2.24, 2.45) is 20.5 Å². The summed E-state index contributed by atoms with van der Waals surface area (Å²) in [5.41, 5.74) is 9.85. The number of amides is 1. The van der Waals surface area contributed by atoms with Gasteiger partial charge in [-0.05, 0) is 157 Å². The van der Waals surface area contributed by atoms with E-state index in [0.717, 1.165) is 114 Å². The van der Waals surface area contributed by atoms with Gasteiger partial charge in [-0.15, -0.1) is 0 Å². The highest BCUT2D eigenvalue weighted by molar-refractivity contribution is 5.91. The number of quaternary nitrogens is 2. The van der Waals surface area contributed by atoms with E-state index in [-0.39, 0.29) is 13.3 Å². The maximum atomic E-state index is 12.6. The molecule has 0 spiro atoms. The Bertz CT molecular complexity index is 2310. The van der Waals surface area contributed by atoms with Crippen LogP contribution < -0.4 is 15.1 Å². The lowest BCUT2D eigenvalue weighted by Crippen LogP contribution is -2.51. The van der Waals surface area contributed by atoms with Crippen molar-refractivity contribution in [1.82, 2.24) is 0 Å². The molecule has 0 aliphatic heterocycles. The van der Waals surface area contributed by atoms with Crippen LogP contribution in [-0.2, 0) is 29.1 Å². The Morgan fingerprint density at radius 1 is 0.423 bits per heavy atom. The maximum Gasteiger partial charge on any atom is 0.279 e. The molecule has 0 aliphatic rings. The molecule has 0 unspecified atom stereocenters. The average molecular weight is 960 g/mol. The third-order valence-corrected chi connectivity index (χ3v) is 13.7. The van der Waals surface area contributed by atoms with Gasteiger partial charge in [0.05, 0.1) is 62.0 Å². The molecule has 0 fully saturated rings. The van der Waals surface area contributed by atoms with Crippen LogP contribution in [0.15, 0.2) is 178 Å². The molecule has 6 aromatic rings. The first-order valence-corrected chi connectivity index (χ1v) is 25.3. The molecule has 71 heavy (non-hydrogen) atoms. The third kappa shape index (κ3) is 17.8. The van der Waals surface area contributed by atoms with Crippen molar-refractivity contribution in [2.75, 3.05) is 80.6 Å². The van der Waals surface area contributed by atoms with Crippen LogP contribution in [0, 0.1) is 0 Å². The summed E-state index contributed by atoms with van der Waals surface area (Å²) in [5.74, 6) is 0.330. The van der Waals surface area contributed by atoms with Crippen molar-refractivity contribution in [3.8, 4) is 0 Å². The minimum absolute atomic E-state index is 0. The summed E-state index contributed by atoms with van der Waals surface area (Å²) < 4.78 is 1.64. The van der Waals surface area contributed by atoms with Crippen molar-refractivity contribution in [3.05, 3.63) is 174 Å². The van der Waals surface area contributed by atoms with Gasteiger partial charge in [-0.25, -0.2) is 0 Å². The molecule has 6 rings (SSSR count). The highest BCUT2D eigenvalue weighted by atomic mass is 16.2. The van der Waals surface area contributed by atoms with Gasteiger partial charge in [0.2, 0.25) is 0 Å². The van der Waals surface area contributed by atoms with E-state index in [9.17, 15) is 9.59 Å². The quantitative estimate of drug-likeness (QED) is 0.0456. The summed E-state index contributed by atoms with van der Waals surface area (Å²) in [6, 6.07) is 52.6. The Kier molecular flexibility index (Phi) is 23.5. The fourth-order valence-electron chi connectivity index (χ4n) is 8.54. The highest BCUT2D eigenvalue weighted by Gasteiger charge is 2.26. The highest BCUT2D eigenvalue weighted by Crippen LogP contribution is 2.26. The number of anilines is 3. The van der Waals surface area contributed by atoms with Crippen molar-refractivity contribution < 1.29 is 18.6 Å². The van der Waals surface area contributed by atoms with E-state index in [1.807, 2.05) is 84.9 Å². The lowest BCUT2D eigenvalue weighted by atomic mass is 10.1. The summed E-state index contributed by atoms with van der Waals surface area (Å²) in [4.78, 5) is 29.8. The van der Waals surface area contributed by atoms with E-state index in [1.54, 1.807) is 0 Å². The summed E-state index contributed by atoms with van der Waals surface area (Å²) >= 11 is 0. The first-order valence-electron chi connectivity index (χ1n) is 25.3. The zero-order valence-corrected chi connectivity index (χ0v) is 43.1. The number of likely N-dealkylation sites (N-methyl/N-ethyl adjacent to an activating group) is 2. The van der Waals surface area contributed by atoms with Gasteiger partial charge >= 0.3 is 0 Å². The molecule has 1 N–H and O–H groups in total. The predicted octanol–water partition coefficient (Wildman–Crippen LogP) is 14.7. The van der Waals surface area contributed by atoms with Crippen LogP contribution in [0.25, 0.3) is 0 Å². The molecule has 11 nitrogen and oxygen atoms in total. The first kappa shape index (κ1) is 56.8. The van der Waals surface area contributed by atoms with E-state index in [0.29, 0.717) is 25.3 Å². The van der Waals surface area contributed by atoms with Gasteiger partial charge < -0.3 is 24.1 Å². The Labute approximate surface area is 426 Å². The molecule has 376 valence electrons. The van der Waals surface area contributed by atoms with E-state index in [2.05, 4.69) is 164 Å². The van der Waals surface area contributed by atoms with Gasteiger partial charge in [0, 0.05) is 49.7 Å². The van der Waals surface area contributed by atoms with Crippen LogP contribution in [-0.4, -0.2) is 86.1 Å². The van der Waals surface area contributed by atoms with E-state index < -0.39 is 0 Å². The number of hydrogen-bond acceptors (Lipinski definition) is 8. The number of azo groups is 2. The fraction of sp³-hybridized carbons (Fsp3) is 0.367. The Morgan fingerprint density at radius 2 is 0.761 bits per heavy atom. The normalized spacial score (nSPS) is 11.4. The molecule has 0 radical (unpaired) electrons. The minimum Gasteiger partial charge on any atom is -0.367 e. The predicted molar refractivity (Wildman–Crippen MR) is 298 cm³/mol. The van der Waals surface area contributed by atoms with Crippen LogP contribution in [0.5, 0.6) is 0 Å². The monoisotopic (exact) mass is 960 g/mol. The Hall–Kier alpha value is -6.82. The van der Waals surface area contributed by atoms with Gasteiger partial charge in [0.25, 0.3) is 5.91 Å². The second-order valence-corrected chi connectivity index (χ2v) is 17.8. The van der Waals surface area contributed by atoms with Gasteiger partial charge in [-0.1, -0.05) is 80.2 Å². The molecule has 0 aromatic heterocycles. The number of nitrogens with zero attached hydrogens (tertiary/aromatic N) is 8. The number of rotatable bonds is 25. The minimum atomic E-state index is 0. The van der Waals surface area contributed by atoms with Gasteiger partial charge in [0.1, 0.15) is 6.54 Å². The smallest absolute Gasteiger partial charge is 0.279 e. The molecule has 6 aromatic carbocycles. The van der Waals surface area contributed by atoms with Gasteiger partial charge in [0.15, 0.2) is 12.3 Å². The largest absolute Gasteiger partial charge is 0.367 e. The van der Waals surface area contributed by atoms with Crippen molar-refractivity contribution in [1.29, 1.82) is 0 Å². The molecule has 0 bridgehead atoms. The van der Waals surface area contributed by atoms with Crippen LogP contribution >= 0.6 is 0 Å². The van der Waals surface area contributed by atoms with Crippen LogP contribution in [0.1, 0.15) is 79.5 Å². The molecule has 0 heterocycles. The molecule has 0 saturated carbocycles. The maximum absolute atomic E-state index is 12.6. The first-order chi connectivity index (χ1) is 34.0. The molecule has 1 amide bonds.